The Labute approximate surface area is 106 Å². The first-order valence-electron chi connectivity index (χ1n) is 5.37. The van der Waals surface area contributed by atoms with Crippen LogP contribution in [0.1, 0.15) is 19.4 Å². The lowest BCUT2D eigenvalue weighted by Gasteiger charge is -2.08. The Morgan fingerprint density at radius 3 is 2.67 bits per heavy atom. The van der Waals surface area contributed by atoms with Crippen LogP contribution in [0.3, 0.4) is 0 Å². The maximum absolute atomic E-state index is 11.6. The molecule has 0 radical (unpaired) electrons. The summed E-state index contributed by atoms with van der Waals surface area (Å²) in [6, 6.07) is 8.24. The molecule has 0 aliphatic rings. The molecule has 5 nitrogen and oxygen atoms in total. The average Bonchev–Trinajstić information content (AvgIpc) is 2.28. The predicted molar refractivity (Wildman–Crippen MR) is 68.7 cm³/mol. The standard InChI is InChI=1S/C12H14N2O3S/c1-9(2)18(16,17)8-12(15)14-11-5-3-4-10(6-11)7-13/h3-6,9H,8H2,1-2H3,(H,14,15). The van der Waals surface area contributed by atoms with Crippen molar-refractivity contribution in [1.29, 1.82) is 5.26 Å². The first-order valence-corrected chi connectivity index (χ1v) is 7.08. The van der Waals surface area contributed by atoms with Gasteiger partial charge in [-0.15, -0.1) is 0 Å². The van der Waals surface area contributed by atoms with E-state index < -0.39 is 26.7 Å². The average molecular weight is 266 g/mol. The van der Waals surface area contributed by atoms with Crippen LogP contribution in [0.4, 0.5) is 5.69 Å². The summed E-state index contributed by atoms with van der Waals surface area (Å²) in [5.41, 5.74) is 0.817. The highest BCUT2D eigenvalue weighted by molar-refractivity contribution is 7.92. The topological polar surface area (TPSA) is 87.0 Å². The van der Waals surface area contributed by atoms with Crippen molar-refractivity contribution in [3.63, 3.8) is 0 Å². The number of hydrogen-bond donors (Lipinski definition) is 1. The van der Waals surface area contributed by atoms with Crippen LogP contribution < -0.4 is 5.32 Å². The molecule has 0 unspecified atom stereocenters. The third-order valence-corrected chi connectivity index (χ3v) is 4.43. The Kier molecular flexibility index (Phi) is 4.45. The van der Waals surface area contributed by atoms with E-state index in [1.165, 1.54) is 19.9 Å². The number of carbonyl (C=O) groups is 1. The molecular weight excluding hydrogens is 252 g/mol. The molecule has 0 saturated heterocycles. The van der Waals surface area contributed by atoms with E-state index in [0.29, 0.717) is 11.3 Å². The van der Waals surface area contributed by atoms with E-state index in [1.807, 2.05) is 6.07 Å². The molecule has 0 aliphatic carbocycles. The lowest BCUT2D eigenvalue weighted by atomic mass is 10.2. The van der Waals surface area contributed by atoms with Crippen LogP contribution in [-0.2, 0) is 14.6 Å². The number of benzene rings is 1. The van der Waals surface area contributed by atoms with Gasteiger partial charge in [-0.05, 0) is 32.0 Å². The summed E-state index contributed by atoms with van der Waals surface area (Å²) in [5.74, 6) is -1.15. The van der Waals surface area contributed by atoms with E-state index in [0.717, 1.165) is 0 Å². The van der Waals surface area contributed by atoms with Gasteiger partial charge in [0.05, 0.1) is 16.9 Å². The maximum atomic E-state index is 11.6. The van der Waals surface area contributed by atoms with Crippen molar-refractivity contribution in [2.75, 3.05) is 11.1 Å². The number of nitriles is 1. The van der Waals surface area contributed by atoms with Gasteiger partial charge in [-0.2, -0.15) is 5.26 Å². The van der Waals surface area contributed by atoms with Crippen molar-refractivity contribution in [3.8, 4) is 6.07 Å². The van der Waals surface area contributed by atoms with Crippen molar-refractivity contribution in [1.82, 2.24) is 0 Å². The van der Waals surface area contributed by atoms with Crippen molar-refractivity contribution in [2.24, 2.45) is 0 Å². The highest BCUT2D eigenvalue weighted by Gasteiger charge is 2.20. The lowest BCUT2D eigenvalue weighted by molar-refractivity contribution is -0.113. The zero-order valence-electron chi connectivity index (χ0n) is 10.2. The molecule has 18 heavy (non-hydrogen) atoms. The molecule has 1 rings (SSSR count). The minimum Gasteiger partial charge on any atom is -0.325 e. The molecule has 96 valence electrons. The number of rotatable bonds is 4. The largest absolute Gasteiger partial charge is 0.325 e. The van der Waals surface area contributed by atoms with Gasteiger partial charge in [-0.1, -0.05) is 6.07 Å². The number of amides is 1. The molecule has 0 saturated carbocycles. The van der Waals surface area contributed by atoms with E-state index in [4.69, 9.17) is 5.26 Å². The smallest absolute Gasteiger partial charge is 0.239 e. The van der Waals surface area contributed by atoms with E-state index in [-0.39, 0.29) is 0 Å². The van der Waals surface area contributed by atoms with E-state index >= 15 is 0 Å². The fourth-order valence-electron chi connectivity index (χ4n) is 1.21. The highest BCUT2D eigenvalue weighted by atomic mass is 32.2. The van der Waals surface area contributed by atoms with Gasteiger partial charge in [0.25, 0.3) is 0 Å². The molecule has 1 aromatic rings. The van der Waals surface area contributed by atoms with Gasteiger partial charge in [0, 0.05) is 5.69 Å². The summed E-state index contributed by atoms with van der Waals surface area (Å²) < 4.78 is 23.1. The Bertz CT molecular complexity index is 586. The summed E-state index contributed by atoms with van der Waals surface area (Å²) in [6.07, 6.45) is 0. The Morgan fingerprint density at radius 1 is 1.44 bits per heavy atom. The number of sulfone groups is 1. The van der Waals surface area contributed by atoms with Crippen LogP contribution >= 0.6 is 0 Å². The zero-order chi connectivity index (χ0) is 13.8. The van der Waals surface area contributed by atoms with Crippen molar-refractivity contribution < 1.29 is 13.2 Å². The number of carbonyl (C=O) groups excluding carboxylic acids is 1. The molecule has 0 fully saturated rings. The van der Waals surface area contributed by atoms with Crippen LogP contribution in [0.5, 0.6) is 0 Å². The quantitative estimate of drug-likeness (QED) is 0.890. The van der Waals surface area contributed by atoms with Gasteiger partial charge >= 0.3 is 0 Å². The summed E-state index contributed by atoms with van der Waals surface area (Å²) in [7, 11) is -3.41. The third-order valence-electron chi connectivity index (χ3n) is 2.33. The zero-order valence-corrected chi connectivity index (χ0v) is 11.0. The Hall–Kier alpha value is -1.87. The molecule has 1 N–H and O–H groups in total. The van der Waals surface area contributed by atoms with Crippen LogP contribution in [-0.4, -0.2) is 25.3 Å². The van der Waals surface area contributed by atoms with Crippen LogP contribution in [0, 0.1) is 11.3 Å². The fourth-order valence-corrected chi connectivity index (χ4v) is 1.98. The van der Waals surface area contributed by atoms with E-state index in [9.17, 15) is 13.2 Å². The van der Waals surface area contributed by atoms with E-state index in [1.54, 1.807) is 18.2 Å². The Morgan fingerprint density at radius 2 is 2.11 bits per heavy atom. The molecule has 0 aliphatic heterocycles. The third kappa shape index (κ3) is 3.86. The molecule has 0 spiro atoms. The fraction of sp³-hybridized carbons (Fsp3) is 0.333. The monoisotopic (exact) mass is 266 g/mol. The summed E-state index contributed by atoms with van der Waals surface area (Å²) >= 11 is 0. The summed E-state index contributed by atoms with van der Waals surface area (Å²) in [5, 5.41) is 10.6. The van der Waals surface area contributed by atoms with Gasteiger partial charge < -0.3 is 5.32 Å². The summed E-state index contributed by atoms with van der Waals surface area (Å²) in [4.78, 5) is 11.6. The number of nitrogens with zero attached hydrogens (tertiary/aromatic N) is 1. The first-order chi connectivity index (χ1) is 8.35. The predicted octanol–water partition coefficient (Wildman–Crippen LogP) is 1.32. The number of nitrogens with one attached hydrogen (secondary N) is 1. The molecule has 0 heterocycles. The first kappa shape index (κ1) is 14.2. The molecule has 0 bridgehead atoms. The van der Waals surface area contributed by atoms with Crippen LogP contribution in [0.25, 0.3) is 0 Å². The van der Waals surface area contributed by atoms with Crippen LogP contribution in [0.15, 0.2) is 24.3 Å². The Balaban J connectivity index is 2.74. The highest BCUT2D eigenvalue weighted by Crippen LogP contribution is 2.10. The van der Waals surface area contributed by atoms with Crippen molar-refractivity contribution in [2.45, 2.75) is 19.1 Å². The number of hydrogen-bond acceptors (Lipinski definition) is 4. The normalized spacial score (nSPS) is 11.0. The second kappa shape index (κ2) is 5.65. The van der Waals surface area contributed by atoms with Gasteiger partial charge in [-0.3, -0.25) is 4.79 Å². The van der Waals surface area contributed by atoms with Crippen molar-refractivity contribution in [3.05, 3.63) is 29.8 Å². The van der Waals surface area contributed by atoms with E-state index in [2.05, 4.69) is 5.32 Å². The van der Waals surface area contributed by atoms with Gasteiger partial charge in [0.1, 0.15) is 5.75 Å². The molecule has 6 heteroatoms. The van der Waals surface area contributed by atoms with Gasteiger partial charge in [0.2, 0.25) is 5.91 Å². The minimum atomic E-state index is -3.41. The lowest BCUT2D eigenvalue weighted by Crippen LogP contribution is -2.27. The summed E-state index contributed by atoms with van der Waals surface area (Å²) in [6.45, 7) is 3.05. The minimum absolute atomic E-state index is 0.402. The molecule has 1 aromatic carbocycles. The van der Waals surface area contributed by atoms with Gasteiger partial charge in [-0.25, -0.2) is 8.42 Å². The maximum Gasteiger partial charge on any atom is 0.239 e. The number of anilines is 1. The van der Waals surface area contributed by atoms with Crippen LogP contribution in [0.2, 0.25) is 0 Å². The molecule has 0 aromatic heterocycles. The second-order valence-electron chi connectivity index (χ2n) is 4.10. The second-order valence-corrected chi connectivity index (χ2v) is 6.65. The molecular formula is C12H14N2O3S. The molecule has 0 atom stereocenters. The molecule has 1 amide bonds. The van der Waals surface area contributed by atoms with Crippen molar-refractivity contribution >= 4 is 21.4 Å². The SMILES string of the molecule is CC(C)S(=O)(=O)CC(=O)Nc1cccc(C#N)c1. The van der Waals surface area contributed by atoms with Gasteiger partial charge in [0.15, 0.2) is 9.84 Å².